The highest BCUT2D eigenvalue weighted by Gasteiger charge is 2.10. The first-order valence-corrected chi connectivity index (χ1v) is 5.34. The summed E-state index contributed by atoms with van der Waals surface area (Å²) in [5, 5.41) is 2.62. The second-order valence-electron chi connectivity index (χ2n) is 3.58. The molecule has 2 rings (SSSR count). The van der Waals surface area contributed by atoms with Crippen molar-refractivity contribution in [1.82, 2.24) is 0 Å². The first-order valence-electron chi connectivity index (χ1n) is 5.34. The number of nitrogens with one attached hydrogen (secondary N) is 1. The summed E-state index contributed by atoms with van der Waals surface area (Å²) in [7, 11) is 0. The van der Waals surface area contributed by atoms with Gasteiger partial charge in [-0.05, 0) is 36.4 Å². The fourth-order valence-electron chi connectivity index (χ4n) is 1.42. The zero-order valence-corrected chi connectivity index (χ0v) is 9.37. The van der Waals surface area contributed by atoms with E-state index < -0.39 is 0 Å². The molecule has 0 aliphatic heterocycles. The molecule has 2 aromatic rings. The molecule has 88 valence electrons. The minimum Gasteiger partial charge on any atom is -0.456 e. The first kappa shape index (κ1) is 11.4. The molecule has 0 radical (unpaired) electrons. The SMILES string of the molecule is CCc1ccc(C(=O)Nc2ccc(F)cc2)o1. The van der Waals surface area contributed by atoms with Crippen LogP contribution in [0.2, 0.25) is 0 Å². The van der Waals surface area contributed by atoms with Gasteiger partial charge in [-0.1, -0.05) is 6.92 Å². The molecule has 3 nitrogen and oxygen atoms in total. The smallest absolute Gasteiger partial charge is 0.291 e. The van der Waals surface area contributed by atoms with Gasteiger partial charge in [0.05, 0.1) is 0 Å². The average molecular weight is 233 g/mol. The maximum atomic E-state index is 12.7. The highest BCUT2D eigenvalue weighted by atomic mass is 19.1. The summed E-state index contributed by atoms with van der Waals surface area (Å²) in [5.41, 5.74) is 0.533. The van der Waals surface area contributed by atoms with Gasteiger partial charge in [-0.15, -0.1) is 0 Å². The molecule has 0 aliphatic carbocycles. The van der Waals surface area contributed by atoms with Crippen LogP contribution in [0.25, 0.3) is 0 Å². The van der Waals surface area contributed by atoms with Crippen molar-refractivity contribution in [2.24, 2.45) is 0 Å². The van der Waals surface area contributed by atoms with Crippen LogP contribution in [-0.2, 0) is 6.42 Å². The van der Waals surface area contributed by atoms with E-state index in [1.165, 1.54) is 24.3 Å². The fourth-order valence-corrected chi connectivity index (χ4v) is 1.42. The average Bonchev–Trinajstić information content (AvgIpc) is 2.81. The third kappa shape index (κ3) is 2.72. The van der Waals surface area contributed by atoms with Gasteiger partial charge in [0.15, 0.2) is 5.76 Å². The summed E-state index contributed by atoms with van der Waals surface area (Å²) in [4.78, 5) is 11.7. The van der Waals surface area contributed by atoms with Crippen LogP contribution in [0.15, 0.2) is 40.8 Å². The Balaban J connectivity index is 2.08. The van der Waals surface area contributed by atoms with E-state index in [0.717, 1.165) is 12.2 Å². The predicted molar refractivity (Wildman–Crippen MR) is 62.4 cm³/mol. The van der Waals surface area contributed by atoms with Crippen LogP contribution in [0, 0.1) is 5.82 Å². The van der Waals surface area contributed by atoms with Crippen molar-refractivity contribution in [2.45, 2.75) is 13.3 Å². The summed E-state index contributed by atoms with van der Waals surface area (Å²) in [6.45, 7) is 1.94. The minimum atomic E-state index is -0.339. The zero-order chi connectivity index (χ0) is 12.3. The van der Waals surface area contributed by atoms with Crippen molar-refractivity contribution in [3.63, 3.8) is 0 Å². The Bertz CT molecular complexity index is 516. The number of carbonyl (C=O) groups excluding carboxylic acids is 1. The van der Waals surface area contributed by atoms with E-state index in [1.54, 1.807) is 12.1 Å². The van der Waals surface area contributed by atoms with Gasteiger partial charge in [0.2, 0.25) is 0 Å². The van der Waals surface area contributed by atoms with Crippen LogP contribution in [0.5, 0.6) is 0 Å². The van der Waals surface area contributed by atoms with Crippen LogP contribution in [0.1, 0.15) is 23.2 Å². The highest BCUT2D eigenvalue weighted by Crippen LogP contribution is 2.13. The molecule has 0 saturated heterocycles. The third-order valence-corrected chi connectivity index (χ3v) is 2.34. The standard InChI is InChI=1S/C13H12FNO2/c1-2-11-7-8-12(17-11)13(16)15-10-5-3-9(14)4-6-10/h3-8H,2H2,1H3,(H,15,16). The molecule has 17 heavy (non-hydrogen) atoms. The van der Waals surface area contributed by atoms with E-state index in [2.05, 4.69) is 5.32 Å². The van der Waals surface area contributed by atoms with Crippen molar-refractivity contribution in [3.8, 4) is 0 Å². The maximum absolute atomic E-state index is 12.7. The zero-order valence-electron chi connectivity index (χ0n) is 9.37. The number of anilines is 1. The highest BCUT2D eigenvalue weighted by molar-refractivity contribution is 6.02. The number of benzene rings is 1. The molecular weight excluding hydrogens is 221 g/mol. The molecule has 0 unspecified atom stereocenters. The van der Waals surface area contributed by atoms with E-state index in [1.807, 2.05) is 6.92 Å². The van der Waals surface area contributed by atoms with Gasteiger partial charge in [-0.3, -0.25) is 4.79 Å². The third-order valence-electron chi connectivity index (χ3n) is 2.34. The van der Waals surface area contributed by atoms with Gasteiger partial charge in [0, 0.05) is 12.1 Å². The van der Waals surface area contributed by atoms with Crippen LogP contribution < -0.4 is 5.32 Å². The summed E-state index contributed by atoms with van der Waals surface area (Å²) < 4.78 is 18.0. The van der Waals surface area contributed by atoms with E-state index in [-0.39, 0.29) is 17.5 Å². The van der Waals surface area contributed by atoms with Gasteiger partial charge in [0.1, 0.15) is 11.6 Å². The van der Waals surface area contributed by atoms with E-state index >= 15 is 0 Å². The molecule has 0 spiro atoms. The van der Waals surface area contributed by atoms with E-state index in [4.69, 9.17) is 4.42 Å². The number of carbonyl (C=O) groups is 1. The Labute approximate surface area is 98.3 Å². The molecule has 1 amide bonds. The molecule has 0 saturated carbocycles. The Morgan fingerprint density at radius 1 is 1.24 bits per heavy atom. The fraction of sp³-hybridized carbons (Fsp3) is 0.154. The largest absolute Gasteiger partial charge is 0.456 e. The number of aryl methyl sites for hydroxylation is 1. The monoisotopic (exact) mass is 233 g/mol. The molecule has 0 fully saturated rings. The summed E-state index contributed by atoms with van der Waals surface area (Å²) in [6.07, 6.45) is 0.740. The Morgan fingerprint density at radius 2 is 1.94 bits per heavy atom. The van der Waals surface area contributed by atoms with Crippen LogP contribution in [-0.4, -0.2) is 5.91 Å². The lowest BCUT2D eigenvalue weighted by molar-refractivity contribution is 0.0995. The molecule has 1 aromatic carbocycles. The number of halogens is 1. The number of amides is 1. The quantitative estimate of drug-likeness (QED) is 0.884. The lowest BCUT2D eigenvalue weighted by Gasteiger charge is -2.02. The molecule has 1 N–H and O–H groups in total. The Kier molecular flexibility index (Phi) is 3.23. The number of rotatable bonds is 3. The van der Waals surface area contributed by atoms with Gasteiger partial charge in [0.25, 0.3) is 5.91 Å². The number of hydrogen-bond donors (Lipinski definition) is 1. The minimum absolute atomic E-state index is 0.256. The second kappa shape index (κ2) is 4.82. The first-order chi connectivity index (χ1) is 8.19. The van der Waals surface area contributed by atoms with Gasteiger partial charge >= 0.3 is 0 Å². The molecule has 1 aromatic heterocycles. The van der Waals surface area contributed by atoms with Crippen molar-refractivity contribution in [3.05, 3.63) is 53.7 Å². The molecule has 0 bridgehead atoms. The topological polar surface area (TPSA) is 42.2 Å². The number of hydrogen-bond acceptors (Lipinski definition) is 2. The summed E-state index contributed by atoms with van der Waals surface area (Å²) in [5.74, 6) is 0.339. The number of furan rings is 1. The molecule has 0 atom stereocenters. The van der Waals surface area contributed by atoms with Crippen molar-refractivity contribution < 1.29 is 13.6 Å². The summed E-state index contributed by atoms with van der Waals surface area (Å²) in [6, 6.07) is 8.95. The predicted octanol–water partition coefficient (Wildman–Crippen LogP) is 3.23. The normalized spacial score (nSPS) is 10.2. The van der Waals surface area contributed by atoms with Gasteiger partial charge in [-0.2, -0.15) is 0 Å². The Hall–Kier alpha value is -2.10. The maximum Gasteiger partial charge on any atom is 0.291 e. The lowest BCUT2D eigenvalue weighted by Crippen LogP contribution is -2.10. The summed E-state index contributed by atoms with van der Waals surface area (Å²) >= 11 is 0. The molecule has 4 heteroatoms. The van der Waals surface area contributed by atoms with Crippen LogP contribution >= 0.6 is 0 Å². The Morgan fingerprint density at radius 3 is 2.53 bits per heavy atom. The van der Waals surface area contributed by atoms with Crippen molar-refractivity contribution in [2.75, 3.05) is 5.32 Å². The van der Waals surface area contributed by atoms with Gasteiger partial charge in [-0.25, -0.2) is 4.39 Å². The van der Waals surface area contributed by atoms with Crippen LogP contribution in [0.3, 0.4) is 0 Å². The van der Waals surface area contributed by atoms with E-state index in [9.17, 15) is 9.18 Å². The second-order valence-corrected chi connectivity index (χ2v) is 3.58. The molecule has 1 heterocycles. The van der Waals surface area contributed by atoms with Crippen LogP contribution in [0.4, 0.5) is 10.1 Å². The lowest BCUT2D eigenvalue weighted by atomic mass is 10.3. The van der Waals surface area contributed by atoms with Crippen molar-refractivity contribution in [1.29, 1.82) is 0 Å². The van der Waals surface area contributed by atoms with Gasteiger partial charge < -0.3 is 9.73 Å². The molecular formula is C13H12FNO2. The van der Waals surface area contributed by atoms with Crippen molar-refractivity contribution >= 4 is 11.6 Å². The van der Waals surface area contributed by atoms with E-state index in [0.29, 0.717) is 5.69 Å². The molecule has 0 aliphatic rings.